The number of methoxy groups -OCH3 is 2. The monoisotopic (exact) mass is 1110 g/mol. The molecule has 0 unspecified atom stereocenters. The molecule has 0 spiro atoms. The van der Waals surface area contributed by atoms with Gasteiger partial charge in [-0.1, -0.05) is 35.5 Å². The van der Waals surface area contributed by atoms with Gasteiger partial charge in [-0.25, -0.2) is 15.1 Å². The Hall–Kier alpha value is -10.1. The third-order valence-electron chi connectivity index (χ3n) is 10.9. The predicted molar refractivity (Wildman–Crippen MR) is 306 cm³/mol. The molecule has 6 atom stereocenters. The molecule has 20 nitrogen and oxygen atoms in total. The summed E-state index contributed by atoms with van der Waals surface area (Å²) in [7, 11) is 2.42. The number of hydrogen-bond acceptors (Lipinski definition) is 16. The van der Waals surface area contributed by atoms with Crippen LogP contribution < -0.4 is 21.8 Å². The van der Waals surface area contributed by atoms with Crippen molar-refractivity contribution >= 4 is 47.8 Å². The van der Waals surface area contributed by atoms with Crippen LogP contribution >= 0.6 is 0 Å². The van der Waals surface area contributed by atoms with Gasteiger partial charge in [0.1, 0.15) is 12.1 Å². The second-order valence-corrected chi connectivity index (χ2v) is 17.1. The maximum atomic E-state index is 12.2. The maximum absolute atomic E-state index is 12.2. The molecule has 3 amide bonds. The summed E-state index contributed by atoms with van der Waals surface area (Å²) in [6.07, 6.45) is 16.1. The number of amides is 3. The Bertz CT molecular complexity index is 3080. The molecule has 6 aromatic rings. The van der Waals surface area contributed by atoms with Crippen LogP contribution in [0.25, 0.3) is 12.2 Å². The Morgan fingerprint density at radius 3 is 1.30 bits per heavy atom. The zero-order valence-electron chi connectivity index (χ0n) is 45.5. The molecule has 20 heteroatoms. The molecule has 3 heterocycles. The summed E-state index contributed by atoms with van der Waals surface area (Å²) in [5.41, 5.74) is 13.0. The Morgan fingerprint density at radius 1 is 0.549 bits per heavy atom. The summed E-state index contributed by atoms with van der Waals surface area (Å²) < 4.78 is 8.82. The first kappa shape index (κ1) is 66.2. The zero-order chi connectivity index (χ0) is 60.2. The molecular weight excluding hydrogens is 1050 g/mol. The molecule has 0 aliphatic rings. The summed E-state index contributed by atoms with van der Waals surface area (Å²) in [6.45, 7) is 4.17. The quantitative estimate of drug-likeness (QED) is 0.0294. The Morgan fingerprint density at radius 2 is 0.939 bits per heavy atom. The molecule has 3 aromatic heterocycles. The predicted octanol–water partition coefficient (Wildman–Crippen LogP) is 4.56. The summed E-state index contributed by atoms with van der Waals surface area (Å²) in [5.74, 6) is 13.7. The van der Waals surface area contributed by atoms with Gasteiger partial charge in [0.2, 0.25) is 0 Å². The molecule has 0 radical (unpaired) electrons. The van der Waals surface area contributed by atoms with Crippen molar-refractivity contribution in [3.63, 3.8) is 0 Å². The van der Waals surface area contributed by atoms with Gasteiger partial charge in [-0.3, -0.25) is 39.3 Å². The normalized spacial score (nSPS) is 12.3. The van der Waals surface area contributed by atoms with Crippen LogP contribution in [-0.2, 0) is 30.3 Å². The number of benzene rings is 3. The lowest BCUT2D eigenvalue weighted by Gasteiger charge is -2.19. The highest BCUT2D eigenvalue weighted by molar-refractivity contribution is 5.98. The fourth-order valence-electron chi connectivity index (χ4n) is 6.26. The molecule has 82 heavy (non-hydrogen) atoms. The van der Waals surface area contributed by atoms with Crippen LogP contribution in [0.15, 0.2) is 159 Å². The van der Waals surface area contributed by atoms with Crippen molar-refractivity contribution in [3.8, 4) is 35.5 Å². The minimum atomic E-state index is -1.26. The fraction of sp³-hybridized carbons (Fsp3) is 0.210. The number of aliphatic hydroxyl groups excluding tert-OH is 3. The molecule has 0 saturated carbocycles. The van der Waals surface area contributed by atoms with Crippen LogP contribution in [0.5, 0.6) is 0 Å². The van der Waals surface area contributed by atoms with E-state index in [4.69, 9.17) is 21.2 Å². The van der Waals surface area contributed by atoms with Crippen molar-refractivity contribution in [3.05, 3.63) is 209 Å². The van der Waals surface area contributed by atoms with Gasteiger partial charge in [-0.15, -0.1) is 0 Å². The van der Waals surface area contributed by atoms with Gasteiger partial charge in [0.05, 0.1) is 38.1 Å². The Kier molecular flexibility index (Phi) is 29.8. The number of carbonyl (C=O) groups excluding carboxylic acids is 5. The van der Waals surface area contributed by atoms with E-state index in [1.165, 1.54) is 46.0 Å². The zero-order valence-corrected chi connectivity index (χ0v) is 45.5. The topological polar surface area (TPSA) is 323 Å². The van der Waals surface area contributed by atoms with Crippen molar-refractivity contribution in [1.82, 2.24) is 31.1 Å². The Balaban J connectivity index is 0.000000303. The number of nitrogens with one attached hydrogen (secondary N) is 3. The number of ether oxygens (including phenoxy) is 2. The van der Waals surface area contributed by atoms with Crippen molar-refractivity contribution in [2.24, 2.45) is 5.73 Å². The third kappa shape index (κ3) is 25.1. The highest BCUT2D eigenvalue weighted by Crippen LogP contribution is 2.09. The van der Waals surface area contributed by atoms with E-state index >= 15 is 0 Å². The summed E-state index contributed by atoms with van der Waals surface area (Å²) in [4.78, 5) is 80.4. The number of aliphatic hydroxyl groups is 3. The van der Waals surface area contributed by atoms with Crippen molar-refractivity contribution in [2.45, 2.75) is 70.1 Å². The molecule has 0 fully saturated rings. The van der Waals surface area contributed by atoms with Gasteiger partial charge in [0, 0.05) is 71.4 Å². The number of nitrogens with two attached hydrogens (primary N) is 1. The first-order chi connectivity index (χ1) is 39.4. The van der Waals surface area contributed by atoms with Crippen LogP contribution in [0.2, 0.25) is 0 Å². The lowest BCUT2D eigenvalue weighted by atomic mass is 10.1. The number of nitrogens with zero attached hydrogens (tertiary/aromatic N) is 3. The van der Waals surface area contributed by atoms with Crippen LogP contribution in [-0.4, -0.2) is 127 Å². The molecule has 6 rings (SSSR count). The fourth-order valence-corrected chi connectivity index (χ4v) is 6.26. The highest BCUT2D eigenvalue weighted by atomic mass is 16.5. The number of carboxylic acids is 1. The highest BCUT2D eigenvalue weighted by Gasteiger charge is 2.27. The minimum Gasteiger partial charge on any atom is -0.478 e. The number of rotatable bonds is 15. The van der Waals surface area contributed by atoms with Gasteiger partial charge in [0.25, 0.3) is 17.7 Å². The molecule has 0 aliphatic heterocycles. The van der Waals surface area contributed by atoms with Gasteiger partial charge in [-0.2, -0.15) is 0 Å². The van der Waals surface area contributed by atoms with E-state index in [0.717, 1.165) is 35.1 Å². The van der Waals surface area contributed by atoms with Gasteiger partial charge in [-0.05, 0) is 177 Å². The Labute approximate surface area is 475 Å². The minimum absolute atomic E-state index is 0.280. The van der Waals surface area contributed by atoms with Crippen molar-refractivity contribution in [2.75, 3.05) is 14.2 Å². The van der Waals surface area contributed by atoms with E-state index in [1.54, 1.807) is 122 Å². The number of carbonyl (C=O) groups is 6. The number of carboxylic acid groups (broad SMARTS) is 1. The van der Waals surface area contributed by atoms with Gasteiger partial charge < -0.3 is 46.3 Å². The summed E-state index contributed by atoms with van der Waals surface area (Å²) in [5, 5.41) is 50.1. The van der Waals surface area contributed by atoms with Crippen LogP contribution in [0, 0.1) is 35.5 Å². The molecule has 3 aromatic carbocycles. The van der Waals surface area contributed by atoms with E-state index in [2.05, 4.69) is 70.6 Å². The number of pyridine rings is 3. The van der Waals surface area contributed by atoms with E-state index in [9.17, 15) is 39.0 Å². The number of esters is 2. The summed E-state index contributed by atoms with van der Waals surface area (Å²) >= 11 is 0. The molecule has 0 bridgehead atoms. The number of aromatic nitrogens is 3. The van der Waals surface area contributed by atoms with E-state index in [1.807, 2.05) is 48.6 Å². The number of hydroxylamine groups is 1. The van der Waals surface area contributed by atoms with E-state index in [0.29, 0.717) is 16.7 Å². The lowest BCUT2D eigenvalue weighted by Crippen LogP contribution is -2.51. The largest absolute Gasteiger partial charge is 0.478 e. The maximum Gasteiger partial charge on any atom is 0.335 e. The summed E-state index contributed by atoms with van der Waals surface area (Å²) in [6, 6.07) is 27.8. The molecule has 0 saturated heterocycles. The number of aromatic carboxylic acids is 1. The van der Waals surface area contributed by atoms with Crippen LogP contribution in [0.3, 0.4) is 0 Å². The number of hydrogen-bond donors (Lipinski definition) is 9. The average Bonchev–Trinajstić information content (AvgIpc) is 3.49. The number of aryl methyl sites for hydroxylation is 1. The van der Waals surface area contributed by atoms with E-state index in [-0.39, 0.29) is 5.56 Å². The van der Waals surface area contributed by atoms with Crippen LogP contribution in [0.1, 0.15) is 91.6 Å². The third-order valence-corrected chi connectivity index (χ3v) is 10.9. The number of allylic oxidation sites excluding steroid dienone is 2. The van der Waals surface area contributed by atoms with Crippen molar-refractivity contribution in [1.29, 1.82) is 0 Å². The molecular formula is C62H63N7O13. The average molecular weight is 1110 g/mol. The molecule has 10 N–H and O–H groups in total. The van der Waals surface area contributed by atoms with Gasteiger partial charge in [0.15, 0.2) is 6.04 Å². The van der Waals surface area contributed by atoms with Gasteiger partial charge >= 0.3 is 17.9 Å². The first-order valence-electron chi connectivity index (χ1n) is 25.0. The molecule has 0 aliphatic carbocycles. The first-order valence-corrected chi connectivity index (χ1v) is 25.0. The lowest BCUT2D eigenvalue weighted by molar-refractivity contribution is -0.146. The standard InChI is InChI=1S/C21H20N2O4.C20H19N3O4.C16H13NO2.C5H11NO3/c1-15(24)19(21(26)27-2)23-20(25)18-9-7-16(8-10-18)5-3-4-6-17-11-13-22-14-12-17;1-14(24)18(20(26)23-27)22-19(25)17-8-6-15(7-9-17)4-2-3-5-16-10-12-21-13-11-16;18-16(19)15-7-5-13(6-8-15)3-1-2-4-14-9-11-17-12-10-14;1-3(7)4(6)5(8)9-2/h4,6-15,19,24H,1-2H3,(H,23,25);3,5-14,18,24,27H,1H3,(H,22,25)(H,23,26);5-12H,2,4H2,(H,18,19);3-4,7H,6H2,1-2H3/b6-4+;5-3+;;/t15-,19+;14-,18+;;3-,4+/m11.1/s1. The van der Waals surface area contributed by atoms with Crippen LogP contribution in [0.4, 0.5) is 0 Å². The second-order valence-electron chi connectivity index (χ2n) is 17.1. The van der Waals surface area contributed by atoms with E-state index < -0.39 is 72.1 Å². The smallest absolute Gasteiger partial charge is 0.335 e. The van der Waals surface area contributed by atoms with Crippen molar-refractivity contribution < 1.29 is 63.9 Å². The SMILES string of the molecule is COC(=O)[C@@H](N)[C@@H](C)O.COC(=O)[C@@H](NC(=O)c1ccc(C#C/C=C/c2ccncc2)cc1)[C@@H](C)O.C[C@@H](O)[C@H](NC(=O)c1ccc(C#C/C=C/c2ccncc2)cc1)C(=O)NO.O=C(O)c1ccc(C#CCCc2ccncc2)cc1. The second kappa shape index (κ2) is 36.9. The molecule has 424 valence electrons.